The van der Waals surface area contributed by atoms with E-state index in [4.69, 9.17) is 9.47 Å². The number of rotatable bonds is 5. The standard InChI is InChI=1S/C20H29NO3/c1-16-6-3-4-7-17(16)8-9-19(22)21-12-10-18-20(14-21,15-23-2)11-5-13-24-18/h3-4,6-7,18H,5,8-15H2,1-2H3. The minimum Gasteiger partial charge on any atom is -0.384 e. The molecule has 2 aliphatic rings. The smallest absolute Gasteiger partial charge is 0.222 e. The molecule has 0 bridgehead atoms. The van der Waals surface area contributed by atoms with Crippen LogP contribution in [0, 0.1) is 12.3 Å². The summed E-state index contributed by atoms with van der Waals surface area (Å²) in [7, 11) is 1.75. The number of likely N-dealkylation sites (tertiary alicyclic amines) is 1. The van der Waals surface area contributed by atoms with Crippen LogP contribution in [0.3, 0.4) is 0 Å². The molecule has 0 radical (unpaired) electrons. The Balaban J connectivity index is 1.62. The average molecular weight is 331 g/mol. The van der Waals surface area contributed by atoms with E-state index in [0.29, 0.717) is 13.0 Å². The van der Waals surface area contributed by atoms with Gasteiger partial charge in [-0.1, -0.05) is 24.3 Å². The predicted octanol–water partition coefficient (Wildman–Crippen LogP) is 2.97. The molecule has 2 saturated heterocycles. The number of benzene rings is 1. The number of piperidine rings is 1. The van der Waals surface area contributed by atoms with Gasteiger partial charge in [0.05, 0.1) is 12.7 Å². The molecule has 3 rings (SSSR count). The molecule has 24 heavy (non-hydrogen) atoms. The molecular formula is C20H29NO3. The molecule has 0 N–H and O–H groups in total. The molecule has 2 atom stereocenters. The van der Waals surface area contributed by atoms with Gasteiger partial charge < -0.3 is 14.4 Å². The summed E-state index contributed by atoms with van der Waals surface area (Å²) in [6.45, 7) is 5.22. The lowest BCUT2D eigenvalue weighted by Crippen LogP contribution is -2.58. The Kier molecular flexibility index (Phi) is 5.57. The highest BCUT2D eigenvalue weighted by Crippen LogP contribution is 2.40. The highest BCUT2D eigenvalue weighted by atomic mass is 16.5. The fraction of sp³-hybridized carbons (Fsp3) is 0.650. The lowest BCUT2D eigenvalue weighted by Gasteiger charge is -2.50. The van der Waals surface area contributed by atoms with Gasteiger partial charge in [0.1, 0.15) is 0 Å². The number of hydrogen-bond acceptors (Lipinski definition) is 3. The first-order valence-electron chi connectivity index (χ1n) is 9.07. The van der Waals surface area contributed by atoms with Gasteiger partial charge in [-0.3, -0.25) is 4.79 Å². The number of amides is 1. The van der Waals surface area contributed by atoms with Crippen molar-refractivity contribution in [1.82, 2.24) is 4.90 Å². The van der Waals surface area contributed by atoms with Gasteiger partial charge in [-0.25, -0.2) is 0 Å². The van der Waals surface area contributed by atoms with E-state index in [1.54, 1.807) is 7.11 Å². The zero-order chi connectivity index (χ0) is 17.0. The number of methoxy groups -OCH3 is 1. The molecular weight excluding hydrogens is 302 g/mol. The summed E-state index contributed by atoms with van der Waals surface area (Å²) < 4.78 is 11.5. The monoisotopic (exact) mass is 331 g/mol. The van der Waals surface area contributed by atoms with Crippen molar-refractivity contribution in [2.45, 2.75) is 45.1 Å². The molecule has 2 heterocycles. The zero-order valence-electron chi connectivity index (χ0n) is 14.9. The van der Waals surface area contributed by atoms with Crippen LogP contribution in [0.4, 0.5) is 0 Å². The maximum absolute atomic E-state index is 12.7. The molecule has 0 saturated carbocycles. The molecule has 0 aromatic heterocycles. The Labute approximate surface area is 145 Å². The van der Waals surface area contributed by atoms with Crippen molar-refractivity contribution in [1.29, 1.82) is 0 Å². The molecule has 4 heteroatoms. The van der Waals surface area contributed by atoms with Crippen LogP contribution in [-0.4, -0.2) is 50.3 Å². The van der Waals surface area contributed by atoms with Crippen LogP contribution in [0.1, 0.15) is 36.8 Å². The summed E-state index contributed by atoms with van der Waals surface area (Å²) in [6.07, 6.45) is 4.72. The summed E-state index contributed by atoms with van der Waals surface area (Å²) in [5.74, 6) is 0.262. The SMILES string of the molecule is COCC12CCCOC1CCN(C(=O)CCc1ccccc1C)C2. The first-order valence-corrected chi connectivity index (χ1v) is 9.07. The lowest BCUT2D eigenvalue weighted by atomic mass is 9.73. The minimum atomic E-state index is -0.0103. The Morgan fingerprint density at radius 1 is 1.42 bits per heavy atom. The molecule has 1 aromatic carbocycles. The van der Waals surface area contributed by atoms with Crippen molar-refractivity contribution >= 4 is 5.91 Å². The summed E-state index contributed by atoms with van der Waals surface area (Å²) in [4.78, 5) is 14.8. The number of hydrogen-bond donors (Lipinski definition) is 0. The van der Waals surface area contributed by atoms with Gasteiger partial charge in [-0.2, -0.15) is 0 Å². The quantitative estimate of drug-likeness (QED) is 0.833. The van der Waals surface area contributed by atoms with Gasteiger partial charge in [0.15, 0.2) is 0 Å². The van der Waals surface area contributed by atoms with Crippen molar-refractivity contribution in [3.8, 4) is 0 Å². The van der Waals surface area contributed by atoms with E-state index in [0.717, 1.165) is 45.4 Å². The van der Waals surface area contributed by atoms with Crippen LogP contribution in [0.15, 0.2) is 24.3 Å². The maximum Gasteiger partial charge on any atom is 0.222 e. The highest BCUT2D eigenvalue weighted by molar-refractivity contribution is 5.76. The molecule has 0 aliphatic carbocycles. The second-order valence-electron chi connectivity index (χ2n) is 7.29. The van der Waals surface area contributed by atoms with Crippen molar-refractivity contribution in [3.05, 3.63) is 35.4 Å². The largest absolute Gasteiger partial charge is 0.384 e. The summed E-state index contributed by atoms with van der Waals surface area (Å²) in [5, 5.41) is 0. The van der Waals surface area contributed by atoms with E-state index in [1.807, 2.05) is 17.0 Å². The van der Waals surface area contributed by atoms with E-state index in [1.165, 1.54) is 11.1 Å². The van der Waals surface area contributed by atoms with E-state index in [9.17, 15) is 4.79 Å². The van der Waals surface area contributed by atoms with E-state index < -0.39 is 0 Å². The van der Waals surface area contributed by atoms with Gasteiger partial charge in [0, 0.05) is 38.6 Å². The van der Waals surface area contributed by atoms with Crippen LogP contribution in [0.2, 0.25) is 0 Å². The third-order valence-electron chi connectivity index (χ3n) is 5.64. The van der Waals surface area contributed by atoms with Gasteiger partial charge >= 0.3 is 0 Å². The predicted molar refractivity (Wildman–Crippen MR) is 94.0 cm³/mol. The molecule has 1 amide bonds. The number of aryl methyl sites for hydroxylation is 2. The van der Waals surface area contributed by atoms with Crippen molar-refractivity contribution in [2.24, 2.45) is 5.41 Å². The second-order valence-corrected chi connectivity index (χ2v) is 7.29. The Hall–Kier alpha value is -1.39. The van der Waals surface area contributed by atoms with Crippen LogP contribution < -0.4 is 0 Å². The molecule has 2 unspecified atom stereocenters. The van der Waals surface area contributed by atoms with Crippen LogP contribution in [0.5, 0.6) is 0 Å². The Morgan fingerprint density at radius 3 is 3.04 bits per heavy atom. The third-order valence-corrected chi connectivity index (χ3v) is 5.64. The third kappa shape index (κ3) is 3.65. The molecule has 4 nitrogen and oxygen atoms in total. The molecule has 0 spiro atoms. The van der Waals surface area contributed by atoms with Crippen LogP contribution in [-0.2, 0) is 20.7 Å². The van der Waals surface area contributed by atoms with Crippen molar-refractivity contribution in [2.75, 3.05) is 33.4 Å². The first-order chi connectivity index (χ1) is 11.6. The normalized spacial score (nSPS) is 26.9. The number of ether oxygens (including phenoxy) is 2. The number of fused-ring (bicyclic) bond motifs is 1. The minimum absolute atomic E-state index is 0.0103. The fourth-order valence-electron chi connectivity index (χ4n) is 4.29. The number of carbonyl (C=O) groups is 1. The highest BCUT2D eigenvalue weighted by Gasteiger charge is 2.46. The Bertz CT molecular complexity index is 570. The van der Waals surface area contributed by atoms with E-state index >= 15 is 0 Å². The second kappa shape index (κ2) is 7.66. The first kappa shape index (κ1) is 17.4. The topological polar surface area (TPSA) is 38.8 Å². The van der Waals surface area contributed by atoms with Crippen molar-refractivity contribution in [3.63, 3.8) is 0 Å². The van der Waals surface area contributed by atoms with Gasteiger partial charge in [-0.15, -0.1) is 0 Å². The van der Waals surface area contributed by atoms with Gasteiger partial charge in [0.2, 0.25) is 5.91 Å². The molecule has 2 aliphatic heterocycles. The molecule has 132 valence electrons. The van der Waals surface area contributed by atoms with E-state index in [-0.39, 0.29) is 17.4 Å². The Morgan fingerprint density at radius 2 is 2.25 bits per heavy atom. The average Bonchev–Trinajstić information content (AvgIpc) is 2.60. The number of nitrogens with zero attached hydrogens (tertiary/aromatic N) is 1. The van der Waals surface area contributed by atoms with E-state index in [2.05, 4.69) is 19.1 Å². The molecule has 2 fully saturated rings. The summed E-state index contributed by atoms with van der Waals surface area (Å²) in [6, 6.07) is 8.32. The lowest BCUT2D eigenvalue weighted by molar-refractivity contribution is -0.162. The number of carbonyl (C=O) groups excluding carboxylic acids is 1. The molecule has 1 aromatic rings. The maximum atomic E-state index is 12.7. The van der Waals surface area contributed by atoms with Crippen LogP contribution >= 0.6 is 0 Å². The van der Waals surface area contributed by atoms with Crippen molar-refractivity contribution < 1.29 is 14.3 Å². The van der Waals surface area contributed by atoms with Gasteiger partial charge in [-0.05, 0) is 43.7 Å². The summed E-state index contributed by atoms with van der Waals surface area (Å²) >= 11 is 0. The van der Waals surface area contributed by atoms with Gasteiger partial charge in [0.25, 0.3) is 0 Å². The zero-order valence-corrected chi connectivity index (χ0v) is 14.9. The summed E-state index contributed by atoms with van der Waals surface area (Å²) in [5.41, 5.74) is 2.53. The van der Waals surface area contributed by atoms with Crippen LogP contribution in [0.25, 0.3) is 0 Å². The fourth-order valence-corrected chi connectivity index (χ4v) is 4.29.